The predicted molar refractivity (Wildman–Crippen MR) is 78.6 cm³/mol. The first-order chi connectivity index (χ1) is 10.2. The van der Waals surface area contributed by atoms with Crippen LogP contribution in [0, 0.1) is 0 Å². The second-order valence-electron chi connectivity index (χ2n) is 4.70. The lowest BCUT2D eigenvalue weighted by Gasteiger charge is -2.11. The largest absolute Gasteiger partial charge is 0.494 e. The monoisotopic (exact) mass is 289 g/mol. The maximum Gasteiger partial charge on any atom is 0.371 e. The highest BCUT2D eigenvalue weighted by molar-refractivity contribution is 5.84. The molecule has 0 spiro atoms. The van der Waals surface area contributed by atoms with Crippen molar-refractivity contribution in [3.63, 3.8) is 0 Å². The lowest BCUT2D eigenvalue weighted by molar-refractivity contribution is 0.0659. The fourth-order valence-electron chi connectivity index (χ4n) is 1.90. The zero-order valence-corrected chi connectivity index (χ0v) is 11.9. The van der Waals surface area contributed by atoms with Gasteiger partial charge < -0.3 is 19.6 Å². The number of carboxylic acid groups (broad SMARTS) is 1. The van der Waals surface area contributed by atoms with E-state index in [2.05, 4.69) is 5.32 Å². The van der Waals surface area contributed by atoms with Crippen molar-refractivity contribution in [1.29, 1.82) is 0 Å². The van der Waals surface area contributed by atoms with Gasteiger partial charge in [-0.15, -0.1) is 0 Å². The number of carboxylic acids is 1. The van der Waals surface area contributed by atoms with E-state index in [9.17, 15) is 4.79 Å². The molecule has 0 bridgehead atoms. The molecule has 0 saturated carbocycles. The molecule has 0 saturated heterocycles. The fourth-order valence-corrected chi connectivity index (χ4v) is 1.90. The van der Waals surface area contributed by atoms with Crippen LogP contribution >= 0.6 is 0 Å². The average molecular weight is 289 g/mol. The van der Waals surface area contributed by atoms with Gasteiger partial charge in [0.25, 0.3) is 0 Å². The Morgan fingerprint density at radius 2 is 2.05 bits per heavy atom. The first-order valence-corrected chi connectivity index (χ1v) is 6.91. The van der Waals surface area contributed by atoms with Crippen molar-refractivity contribution < 1.29 is 19.1 Å². The molecule has 2 rings (SSSR count). The third-order valence-corrected chi connectivity index (χ3v) is 3.05. The molecule has 0 radical (unpaired) electrons. The number of ether oxygens (including phenoxy) is 1. The lowest BCUT2D eigenvalue weighted by atomic mass is 10.2. The second kappa shape index (κ2) is 7.50. The molecule has 1 heterocycles. The molecule has 0 aliphatic rings. The van der Waals surface area contributed by atoms with Gasteiger partial charge in [-0.25, -0.2) is 4.79 Å². The molecule has 0 aliphatic heterocycles. The van der Waals surface area contributed by atoms with Gasteiger partial charge in [0.1, 0.15) is 11.5 Å². The molecule has 0 aliphatic carbocycles. The highest BCUT2D eigenvalue weighted by atomic mass is 16.5. The van der Waals surface area contributed by atoms with Crippen molar-refractivity contribution in [1.82, 2.24) is 5.32 Å². The van der Waals surface area contributed by atoms with Gasteiger partial charge in [0.15, 0.2) is 0 Å². The van der Waals surface area contributed by atoms with Gasteiger partial charge in [0.2, 0.25) is 5.76 Å². The zero-order valence-electron chi connectivity index (χ0n) is 11.9. The summed E-state index contributed by atoms with van der Waals surface area (Å²) in [6.07, 6.45) is 0.853. The van der Waals surface area contributed by atoms with Crippen molar-refractivity contribution in [2.24, 2.45) is 0 Å². The van der Waals surface area contributed by atoms with E-state index >= 15 is 0 Å². The van der Waals surface area contributed by atoms with Gasteiger partial charge in [-0.2, -0.15) is 0 Å². The molecule has 21 heavy (non-hydrogen) atoms. The van der Waals surface area contributed by atoms with Gasteiger partial charge in [-0.05, 0) is 44.2 Å². The third-order valence-electron chi connectivity index (χ3n) is 3.05. The Kier molecular flexibility index (Phi) is 5.40. The topological polar surface area (TPSA) is 71.7 Å². The van der Waals surface area contributed by atoms with Crippen LogP contribution in [0.1, 0.15) is 35.7 Å². The molecule has 5 heteroatoms. The second-order valence-corrected chi connectivity index (χ2v) is 4.70. The molecule has 112 valence electrons. The highest BCUT2D eigenvalue weighted by Crippen LogP contribution is 2.16. The highest BCUT2D eigenvalue weighted by Gasteiger charge is 2.13. The number of rotatable bonds is 8. The van der Waals surface area contributed by atoms with Gasteiger partial charge in [-0.3, -0.25) is 0 Å². The molecule has 1 unspecified atom stereocenters. The summed E-state index contributed by atoms with van der Waals surface area (Å²) in [4.78, 5) is 10.7. The van der Waals surface area contributed by atoms with Crippen LogP contribution in [0.4, 0.5) is 0 Å². The van der Waals surface area contributed by atoms with Crippen LogP contribution in [0.15, 0.2) is 46.9 Å². The Morgan fingerprint density at radius 3 is 2.71 bits per heavy atom. The predicted octanol–water partition coefficient (Wildman–Crippen LogP) is 3.10. The summed E-state index contributed by atoms with van der Waals surface area (Å²) in [5.41, 5.74) is 0. The molecule has 1 aromatic carbocycles. The summed E-state index contributed by atoms with van der Waals surface area (Å²) < 4.78 is 10.8. The van der Waals surface area contributed by atoms with E-state index in [4.69, 9.17) is 14.3 Å². The van der Waals surface area contributed by atoms with Crippen LogP contribution in [0.3, 0.4) is 0 Å². The van der Waals surface area contributed by atoms with Crippen molar-refractivity contribution in [2.45, 2.75) is 19.4 Å². The Bertz CT molecular complexity index is 565. The SMILES string of the molecule is CC(NCCCOc1ccccc1)c1ccc(C(=O)O)o1. The summed E-state index contributed by atoms with van der Waals surface area (Å²) in [5.74, 6) is 0.398. The normalized spacial score (nSPS) is 12.0. The minimum Gasteiger partial charge on any atom is -0.494 e. The lowest BCUT2D eigenvalue weighted by Crippen LogP contribution is -2.21. The number of para-hydroxylation sites is 1. The quantitative estimate of drug-likeness (QED) is 0.731. The van der Waals surface area contributed by atoms with Crippen molar-refractivity contribution in [3.05, 3.63) is 54.0 Å². The molecule has 2 aromatic rings. The number of hydrogen-bond donors (Lipinski definition) is 2. The number of carbonyl (C=O) groups is 1. The Hall–Kier alpha value is -2.27. The Labute approximate surface area is 123 Å². The van der Waals surface area contributed by atoms with Crippen LogP contribution in [-0.2, 0) is 0 Å². The maximum atomic E-state index is 10.7. The van der Waals surface area contributed by atoms with E-state index in [-0.39, 0.29) is 11.8 Å². The van der Waals surface area contributed by atoms with E-state index < -0.39 is 5.97 Å². The molecule has 1 atom stereocenters. The standard InChI is InChI=1S/C16H19NO4/c1-12(14-8-9-15(21-14)16(18)19)17-10-5-11-20-13-6-3-2-4-7-13/h2-4,6-9,12,17H,5,10-11H2,1H3,(H,18,19). The van der Waals surface area contributed by atoms with Crippen LogP contribution in [0.25, 0.3) is 0 Å². The molecule has 5 nitrogen and oxygen atoms in total. The zero-order chi connectivity index (χ0) is 15.1. The third kappa shape index (κ3) is 4.65. The van der Waals surface area contributed by atoms with Crippen molar-refractivity contribution in [2.75, 3.05) is 13.2 Å². The fraction of sp³-hybridized carbons (Fsp3) is 0.312. The van der Waals surface area contributed by atoms with E-state index in [1.54, 1.807) is 6.07 Å². The molecule has 0 amide bonds. The average Bonchev–Trinajstić information content (AvgIpc) is 2.98. The number of nitrogens with one attached hydrogen (secondary N) is 1. The van der Waals surface area contributed by atoms with Crippen LogP contribution < -0.4 is 10.1 Å². The number of aromatic carboxylic acids is 1. The molecule has 2 N–H and O–H groups in total. The van der Waals surface area contributed by atoms with Gasteiger partial charge in [0.05, 0.1) is 12.6 Å². The summed E-state index contributed by atoms with van der Waals surface area (Å²) >= 11 is 0. The smallest absolute Gasteiger partial charge is 0.371 e. The van der Waals surface area contributed by atoms with Crippen LogP contribution in [0.2, 0.25) is 0 Å². The van der Waals surface area contributed by atoms with Crippen LogP contribution in [0.5, 0.6) is 5.75 Å². The first-order valence-electron chi connectivity index (χ1n) is 6.91. The van der Waals surface area contributed by atoms with Crippen LogP contribution in [-0.4, -0.2) is 24.2 Å². The van der Waals surface area contributed by atoms with E-state index in [1.165, 1.54) is 6.07 Å². The maximum absolute atomic E-state index is 10.7. The van der Waals surface area contributed by atoms with Gasteiger partial charge in [-0.1, -0.05) is 18.2 Å². The first kappa shape index (κ1) is 15.1. The molecule has 1 aromatic heterocycles. The van der Waals surface area contributed by atoms with Gasteiger partial charge >= 0.3 is 5.97 Å². The van der Waals surface area contributed by atoms with Crippen molar-refractivity contribution >= 4 is 5.97 Å². The minimum atomic E-state index is -1.05. The molecule has 0 fully saturated rings. The summed E-state index contributed by atoms with van der Waals surface area (Å²) in [7, 11) is 0. The van der Waals surface area contributed by atoms with Crippen molar-refractivity contribution in [3.8, 4) is 5.75 Å². The van der Waals surface area contributed by atoms with E-state index in [0.29, 0.717) is 12.4 Å². The summed E-state index contributed by atoms with van der Waals surface area (Å²) in [6, 6.07) is 12.8. The summed E-state index contributed by atoms with van der Waals surface area (Å²) in [6.45, 7) is 3.32. The number of benzene rings is 1. The molecular weight excluding hydrogens is 270 g/mol. The van der Waals surface area contributed by atoms with E-state index in [1.807, 2.05) is 37.3 Å². The number of furan rings is 1. The Balaban J connectivity index is 1.67. The van der Waals surface area contributed by atoms with Gasteiger partial charge in [0, 0.05) is 0 Å². The van der Waals surface area contributed by atoms with E-state index in [0.717, 1.165) is 18.7 Å². The number of hydrogen-bond acceptors (Lipinski definition) is 4. The molecular formula is C16H19NO4. The minimum absolute atomic E-state index is 0.0326. The summed E-state index contributed by atoms with van der Waals surface area (Å²) in [5, 5.41) is 12.1. The Morgan fingerprint density at radius 1 is 1.29 bits per heavy atom.